The zero-order valence-corrected chi connectivity index (χ0v) is 17.9. The van der Waals surface area contributed by atoms with E-state index in [1.54, 1.807) is 53.9 Å². The highest BCUT2D eigenvalue weighted by atomic mass is 16.2. The Kier molecular flexibility index (Phi) is 5.84. The van der Waals surface area contributed by atoms with Gasteiger partial charge in [0, 0.05) is 44.7 Å². The van der Waals surface area contributed by atoms with Crippen molar-refractivity contribution >= 4 is 22.7 Å². The summed E-state index contributed by atoms with van der Waals surface area (Å²) in [6.07, 6.45) is 3.90. The van der Waals surface area contributed by atoms with Gasteiger partial charge in [0.15, 0.2) is 0 Å². The van der Waals surface area contributed by atoms with Crippen molar-refractivity contribution in [1.29, 1.82) is 0 Å². The Bertz CT molecular complexity index is 1200. The first-order valence-corrected chi connectivity index (χ1v) is 10.6. The van der Waals surface area contributed by atoms with Crippen molar-refractivity contribution in [3.8, 4) is 0 Å². The maximum absolute atomic E-state index is 13.0. The smallest absolute Gasteiger partial charge is 0.261 e. The number of nitrogens with zero attached hydrogens (tertiary/aromatic N) is 3. The summed E-state index contributed by atoms with van der Waals surface area (Å²) >= 11 is 0. The Hall–Kier alpha value is -3.48. The van der Waals surface area contributed by atoms with Crippen molar-refractivity contribution in [3.05, 3.63) is 75.3 Å². The average molecular weight is 418 g/mol. The number of fused-ring (bicyclic) bond motifs is 2. The van der Waals surface area contributed by atoms with Gasteiger partial charge in [-0.25, -0.2) is 4.98 Å². The quantitative estimate of drug-likeness (QED) is 0.706. The van der Waals surface area contributed by atoms with Crippen LogP contribution in [0.25, 0.3) is 10.9 Å². The Morgan fingerprint density at radius 2 is 1.81 bits per heavy atom. The second-order valence-corrected chi connectivity index (χ2v) is 7.96. The van der Waals surface area contributed by atoms with Gasteiger partial charge < -0.3 is 10.2 Å². The molecule has 0 radical (unpaired) electrons. The number of carbonyl (C=O) groups is 2. The minimum Gasteiger partial charge on any atom is -0.355 e. The van der Waals surface area contributed by atoms with Crippen LogP contribution in [0.5, 0.6) is 0 Å². The summed E-state index contributed by atoms with van der Waals surface area (Å²) in [5, 5.41) is 3.14. The summed E-state index contributed by atoms with van der Waals surface area (Å²) < 4.78 is 1.78. The molecule has 7 nitrogen and oxygen atoms in total. The largest absolute Gasteiger partial charge is 0.355 e. The van der Waals surface area contributed by atoms with Crippen molar-refractivity contribution in [3.63, 3.8) is 0 Å². The molecule has 0 unspecified atom stereocenters. The van der Waals surface area contributed by atoms with Gasteiger partial charge in [0.1, 0.15) is 5.82 Å². The number of benzene rings is 2. The minimum absolute atomic E-state index is 0.0227. The lowest BCUT2D eigenvalue weighted by molar-refractivity contribution is 0.0784. The van der Waals surface area contributed by atoms with Crippen LogP contribution in [0.2, 0.25) is 0 Å². The second-order valence-electron chi connectivity index (χ2n) is 7.96. The number of aromatic nitrogens is 2. The molecule has 0 saturated carbocycles. The zero-order chi connectivity index (χ0) is 22.0. The monoisotopic (exact) mass is 418 g/mol. The van der Waals surface area contributed by atoms with Gasteiger partial charge in [0.05, 0.1) is 10.9 Å². The minimum atomic E-state index is -0.145. The van der Waals surface area contributed by atoms with Gasteiger partial charge in [0.2, 0.25) is 0 Å². The number of carbonyl (C=O) groups excluding carboxylic acids is 2. The fraction of sp³-hybridized carbons (Fsp3) is 0.333. The van der Waals surface area contributed by atoms with Crippen molar-refractivity contribution in [1.82, 2.24) is 19.8 Å². The Labute approximate surface area is 180 Å². The molecule has 2 aromatic carbocycles. The van der Waals surface area contributed by atoms with E-state index in [0.29, 0.717) is 35.1 Å². The van der Waals surface area contributed by atoms with Crippen LogP contribution >= 0.6 is 0 Å². The molecule has 160 valence electrons. The predicted octanol–water partition coefficient (Wildman–Crippen LogP) is 2.75. The van der Waals surface area contributed by atoms with Crippen LogP contribution in [0, 0.1) is 0 Å². The summed E-state index contributed by atoms with van der Waals surface area (Å²) in [6.45, 7) is 1.12. The number of aryl methyl sites for hydroxylation is 1. The summed E-state index contributed by atoms with van der Waals surface area (Å²) in [6, 6.07) is 12.3. The van der Waals surface area contributed by atoms with Crippen LogP contribution in [0.3, 0.4) is 0 Å². The lowest BCUT2D eigenvalue weighted by atomic mass is 10.1. The topological polar surface area (TPSA) is 84.3 Å². The SMILES string of the molecule is CNC(=O)c1ccc(CN(C)C(=O)c2ccc3c(=O)n4c(nc3c2)CCCCC4)cc1. The van der Waals surface area contributed by atoms with Crippen molar-refractivity contribution in [2.24, 2.45) is 0 Å². The van der Waals surface area contributed by atoms with Crippen LogP contribution in [-0.4, -0.2) is 40.4 Å². The maximum atomic E-state index is 13.0. The number of hydrogen-bond donors (Lipinski definition) is 1. The van der Waals surface area contributed by atoms with Gasteiger partial charge in [-0.2, -0.15) is 0 Å². The zero-order valence-electron chi connectivity index (χ0n) is 17.9. The molecule has 1 aliphatic heterocycles. The molecule has 0 fully saturated rings. The van der Waals surface area contributed by atoms with E-state index < -0.39 is 0 Å². The highest BCUT2D eigenvalue weighted by Gasteiger charge is 2.17. The third kappa shape index (κ3) is 4.21. The summed E-state index contributed by atoms with van der Waals surface area (Å²) in [5.74, 6) is 0.520. The summed E-state index contributed by atoms with van der Waals surface area (Å²) in [7, 11) is 3.32. The lowest BCUT2D eigenvalue weighted by Crippen LogP contribution is -2.27. The molecule has 0 bridgehead atoms. The van der Waals surface area contributed by atoms with Gasteiger partial charge in [-0.05, 0) is 48.7 Å². The average Bonchev–Trinajstić information content (AvgIpc) is 3.04. The predicted molar refractivity (Wildman–Crippen MR) is 119 cm³/mol. The van der Waals surface area contributed by atoms with E-state index >= 15 is 0 Å². The molecule has 0 saturated heterocycles. The van der Waals surface area contributed by atoms with Gasteiger partial charge in [-0.15, -0.1) is 0 Å². The maximum Gasteiger partial charge on any atom is 0.261 e. The molecular weight excluding hydrogens is 392 g/mol. The molecule has 0 aliphatic carbocycles. The molecule has 2 heterocycles. The molecule has 0 atom stereocenters. The van der Waals surface area contributed by atoms with Crippen LogP contribution < -0.4 is 10.9 Å². The van der Waals surface area contributed by atoms with Gasteiger partial charge in [-0.3, -0.25) is 19.0 Å². The standard InChI is InChI=1S/C24H26N4O3/c1-25-22(29)17-9-7-16(8-10-17)15-27(2)23(30)18-11-12-19-20(14-18)26-21-6-4-3-5-13-28(21)24(19)31/h7-12,14H,3-6,13,15H2,1-2H3,(H,25,29). The number of nitrogens with one attached hydrogen (secondary N) is 1. The molecule has 3 aromatic rings. The normalized spacial score (nSPS) is 13.4. The van der Waals surface area contributed by atoms with Crippen LogP contribution in [0.1, 0.15) is 51.4 Å². The third-order valence-corrected chi connectivity index (χ3v) is 5.77. The Morgan fingerprint density at radius 1 is 1.06 bits per heavy atom. The van der Waals surface area contributed by atoms with E-state index in [9.17, 15) is 14.4 Å². The first kappa shape index (κ1) is 20.8. The molecule has 7 heteroatoms. The van der Waals surface area contributed by atoms with Gasteiger partial charge in [-0.1, -0.05) is 18.6 Å². The third-order valence-electron chi connectivity index (χ3n) is 5.77. The van der Waals surface area contributed by atoms with E-state index in [-0.39, 0.29) is 17.4 Å². The number of amides is 2. The number of hydrogen-bond acceptors (Lipinski definition) is 4. The first-order chi connectivity index (χ1) is 15.0. The molecular formula is C24H26N4O3. The summed E-state index contributed by atoms with van der Waals surface area (Å²) in [5.41, 5.74) is 2.55. The molecule has 2 amide bonds. The number of rotatable bonds is 4. The van der Waals surface area contributed by atoms with Crippen LogP contribution in [-0.2, 0) is 19.5 Å². The van der Waals surface area contributed by atoms with Crippen molar-refractivity contribution < 1.29 is 9.59 Å². The molecule has 1 aliphatic rings. The van der Waals surface area contributed by atoms with E-state index in [4.69, 9.17) is 4.98 Å². The Balaban J connectivity index is 1.57. The highest BCUT2D eigenvalue weighted by Crippen LogP contribution is 2.18. The van der Waals surface area contributed by atoms with E-state index in [1.807, 2.05) is 12.1 Å². The van der Waals surface area contributed by atoms with E-state index in [1.165, 1.54) is 0 Å². The van der Waals surface area contributed by atoms with Crippen LogP contribution in [0.4, 0.5) is 0 Å². The Morgan fingerprint density at radius 3 is 2.55 bits per heavy atom. The highest BCUT2D eigenvalue weighted by molar-refractivity contribution is 5.97. The van der Waals surface area contributed by atoms with Crippen LogP contribution in [0.15, 0.2) is 47.3 Å². The fourth-order valence-corrected chi connectivity index (χ4v) is 4.02. The molecule has 0 spiro atoms. The summed E-state index contributed by atoms with van der Waals surface area (Å²) in [4.78, 5) is 43.9. The molecule has 1 aromatic heterocycles. The van der Waals surface area contributed by atoms with E-state index in [0.717, 1.165) is 37.1 Å². The molecule has 31 heavy (non-hydrogen) atoms. The molecule has 1 N–H and O–H groups in total. The van der Waals surface area contributed by atoms with Gasteiger partial charge >= 0.3 is 0 Å². The van der Waals surface area contributed by atoms with E-state index in [2.05, 4.69) is 5.32 Å². The van der Waals surface area contributed by atoms with Crippen molar-refractivity contribution in [2.75, 3.05) is 14.1 Å². The molecule has 4 rings (SSSR count). The van der Waals surface area contributed by atoms with Crippen molar-refractivity contribution in [2.45, 2.75) is 38.8 Å². The first-order valence-electron chi connectivity index (χ1n) is 10.6. The fourth-order valence-electron chi connectivity index (χ4n) is 4.02. The van der Waals surface area contributed by atoms with Gasteiger partial charge in [0.25, 0.3) is 17.4 Å². The second kappa shape index (κ2) is 8.71. The lowest BCUT2D eigenvalue weighted by Gasteiger charge is -2.18.